The van der Waals surface area contributed by atoms with Gasteiger partial charge in [0.15, 0.2) is 0 Å². The lowest BCUT2D eigenvalue weighted by atomic mass is 9.78. The largest absolute Gasteiger partial charge is 0.324 e. The number of nitrogens with one attached hydrogen (secondary N) is 1. The maximum atomic E-state index is 11.9. The van der Waals surface area contributed by atoms with Crippen LogP contribution in [0.2, 0.25) is 0 Å². The molecule has 0 aromatic heterocycles. The van der Waals surface area contributed by atoms with Crippen LogP contribution >= 0.6 is 0 Å². The summed E-state index contributed by atoms with van der Waals surface area (Å²) in [7, 11) is -3.12. The third-order valence-electron chi connectivity index (χ3n) is 4.17. The van der Waals surface area contributed by atoms with Gasteiger partial charge in [0.2, 0.25) is 10.0 Å². The van der Waals surface area contributed by atoms with E-state index in [2.05, 4.69) is 4.72 Å². The first kappa shape index (κ1) is 13.3. The van der Waals surface area contributed by atoms with Crippen LogP contribution in [0.4, 0.5) is 0 Å². The molecule has 0 radical (unpaired) electrons. The summed E-state index contributed by atoms with van der Waals surface area (Å²) in [5.41, 5.74) is 5.75. The minimum atomic E-state index is -3.12. The summed E-state index contributed by atoms with van der Waals surface area (Å²) >= 11 is 0. The van der Waals surface area contributed by atoms with Crippen LogP contribution < -0.4 is 10.5 Å². The fourth-order valence-electron chi connectivity index (χ4n) is 2.78. The predicted molar refractivity (Wildman–Crippen MR) is 69.1 cm³/mol. The van der Waals surface area contributed by atoms with Crippen LogP contribution in [0.1, 0.15) is 51.4 Å². The van der Waals surface area contributed by atoms with Crippen molar-refractivity contribution in [3.05, 3.63) is 0 Å². The zero-order chi connectivity index (χ0) is 12.4. The van der Waals surface area contributed by atoms with Crippen LogP contribution in [0.15, 0.2) is 0 Å². The van der Waals surface area contributed by atoms with E-state index in [0.717, 1.165) is 32.1 Å². The van der Waals surface area contributed by atoms with Crippen LogP contribution in [0, 0.1) is 5.92 Å². The van der Waals surface area contributed by atoms with E-state index in [1.54, 1.807) is 0 Å². The Bertz CT molecular complexity index is 344. The molecule has 3 N–H and O–H groups in total. The maximum absolute atomic E-state index is 11.9. The smallest absolute Gasteiger partial charge is 0.211 e. The van der Waals surface area contributed by atoms with Crippen LogP contribution in [-0.4, -0.2) is 26.3 Å². The monoisotopic (exact) mass is 260 g/mol. The fraction of sp³-hybridized carbons (Fsp3) is 1.00. The Hall–Kier alpha value is -0.130. The fourth-order valence-corrected chi connectivity index (χ4v) is 4.36. The molecular formula is C12H24N2O2S. The van der Waals surface area contributed by atoms with Crippen molar-refractivity contribution >= 4 is 10.0 Å². The molecular weight excluding hydrogens is 236 g/mol. The minimum absolute atomic E-state index is 0.264. The second-order valence-electron chi connectivity index (χ2n) is 5.82. The Balaban J connectivity index is 1.77. The first-order valence-electron chi connectivity index (χ1n) is 6.75. The van der Waals surface area contributed by atoms with Crippen molar-refractivity contribution in [1.29, 1.82) is 0 Å². The Labute approximate surface area is 104 Å². The molecule has 0 atom stereocenters. The molecule has 5 heteroatoms. The Morgan fingerprint density at radius 1 is 1.12 bits per heavy atom. The average Bonchev–Trinajstić information content (AvgIpc) is 2.25. The summed E-state index contributed by atoms with van der Waals surface area (Å²) in [6.07, 6.45) is 8.76. The summed E-state index contributed by atoms with van der Waals surface area (Å²) in [5.74, 6) is 0.652. The molecule has 0 bridgehead atoms. The molecule has 2 aliphatic rings. The van der Waals surface area contributed by atoms with Gasteiger partial charge >= 0.3 is 0 Å². The summed E-state index contributed by atoms with van der Waals surface area (Å²) in [6.45, 7) is 0.419. The Morgan fingerprint density at radius 2 is 1.76 bits per heavy atom. The molecule has 0 aliphatic heterocycles. The van der Waals surface area contributed by atoms with E-state index in [1.807, 2.05) is 0 Å². The summed E-state index contributed by atoms with van der Waals surface area (Å²) < 4.78 is 26.5. The van der Waals surface area contributed by atoms with Crippen molar-refractivity contribution in [1.82, 2.24) is 4.72 Å². The number of hydrogen-bond donors (Lipinski definition) is 2. The molecule has 2 aliphatic carbocycles. The number of sulfonamides is 1. The molecule has 0 unspecified atom stereocenters. The van der Waals surface area contributed by atoms with Crippen molar-refractivity contribution in [3.63, 3.8) is 0 Å². The van der Waals surface area contributed by atoms with Crippen molar-refractivity contribution in [2.24, 2.45) is 11.7 Å². The van der Waals surface area contributed by atoms with Crippen LogP contribution in [0.5, 0.6) is 0 Å². The summed E-state index contributed by atoms with van der Waals surface area (Å²) in [6, 6.07) is 0. The first-order chi connectivity index (χ1) is 7.99. The highest BCUT2D eigenvalue weighted by Gasteiger charge is 2.33. The van der Waals surface area contributed by atoms with Crippen molar-refractivity contribution in [2.75, 3.05) is 12.3 Å². The van der Waals surface area contributed by atoms with E-state index < -0.39 is 10.0 Å². The van der Waals surface area contributed by atoms with E-state index in [0.29, 0.717) is 18.2 Å². The molecule has 0 spiro atoms. The zero-order valence-electron chi connectivity index (χ0n) is 10.5. The van der Waals surface area contributed by atoms with Crippen molar-refractivity contribution in [2.45, 2.75) is 56.9 Å². The van der Waals surface area contributed by atoms with Crippen LogP contribution in [-0.2, 0) is 10.0 Å². The van der Waals surface area contributed by atoms with Gasteiger partial charge in [0.25, 0.3) is 0 Å². The van der Waals surface area contributed by atoms with Gasteiger partial charge in [0, 0.05) is 12.1 Å². The summed E-state index contributed by atoms with van der Waals surface area (Å²) in [5, 5.41) is 0. The van der Waals surface area contributed by atoms with E-state index in [9.17, 15) is 8.42 Å². The number of rotatable bonds is 5. The number of nitrogens with two attached hydrogens (primary N) is 1. The van der Waals surface area contributed by atoms with Crippen LogP contribution in [0.3, 0.4) is 0 Å². The second-order valence-corrected chi connectivity index (χ2v) is 7.67. The highest BCUT2D eigenvalue weighted by molar-refractivity contribution is 7.89. The van der Waals surface area contributed by atoms with Crippen molar-refractivity contribution < 1.29 is 8.42 Å². The molecule has 0 heterocycles. The van der Waals surface area contributed by atoms with E-state index in [1.165, 1.54) is 19.3 Å². The third kappa shape index (κ3) is 3.93. The maximum Gasteiger partial charge on any atom is 0.211 e. The predicted octanol–water partition coefficient (Wildman–Crippen LogP) is 1.37. The molecule has 0 amide bonds. The quantitative estimate of drug-likeness (QED) is 0.784. The average molecular weight is 260 g/mol. The van der Waals surface area contributed by atoms with Crippen LogP contribution in [0.25, 0.3) is 0 Å². The van der Waals surface area contributed by atoms with Gasteiger partial charge in [-0.15, -0.1) is 0 Å². The third-order valence-corrected chi connectivity index (χ3v) is 5.67. The van der Waals surface area contributed by atoms with Gasteiger partial charge in [-0.3, -0.25) is 0 Å². The van der Waals surface area contributed by atoms with Gasteiger partial charge < -0.3 is 5.73 Å². The lowest BCUT2D eigenvalue weighted by molar-refractivity contribution is 0.250. The minimum Gasteiger partial charge on any atom is -0.324 e. The van der Waals surface area contributed by atoms with Gasteiger partial charge in [-0.05, 0) is 38.0 Å². The van der Waals surface area contributed by atoms with Crippen molar-refractivity contribution in [3.8, 4) is 0 Å². The normalized spacial score (nSPS) is 25.5. The second kappa shape index (κ2) is 5.24. The molecule has 0 aromatic rings. The van der Waals surface area contributed by atoms with E-state index >= 15 is 0 Å². The molecule has 2 rings (SSSR count). The van der Waals surface area contributed by atoms with E-state index in [-0.39, 0.29) is 5.54 Å². The van der Waals surface area contributed by atoms with Gasteiger partial charge in [-0.2, -0.15) is 0 Å². The SMILES string of the molecule is NC1(CNS(=O)(=O)CC2CCCCC2)CCC1. The molecule has 100 valence electrons. The number of hydrogen-bond acceptors (Lipinski definition) is 3. The first-order valence-corrected chi connectivity index (χ1v) is 8.41. The molecule has 4 nitrogen and oxygen atoms in total. The van der Waals surface area contributed by atoms with Gasteiger partial charge in [-0.25, -0.2) is 13.1 Å². The lowest BCUT2D eigenvalue weighted by Crippen LogP contribution is -2.55. The molecule has 17 heavy (non-hydrogen) atoms. The van der Waals surface area contributed by atoms with Gasteiger partial charge in [-0.1, -0.05) is 19.3 Å². The lowest BCUT2D eigenvalue weighted by Gasteiger charge is -2.38. The van der Waals surface area contributed by atoms with E-state index in [4.69, 9.17) is 5.73 Å². The molecule has 0 saturated heterocycles. The van der Waals surface area contributed by atoms with Gasteiger partial charge in [0.05, 0.1) is 5.75 Å². The standard InChI is InChI=1S/C12H24N2O2S/c13-12(7-4-8-12)10-14-17(15,16)9-11-5-2-1-3-6-11/h11,14H,1-10,13H2. The highest BCUT2D eigenvalue weighted by atomic mass is 32.2. The molecule has 2 saturated carbocycles. The molecule has 2 fully saturated rings. The Morgan fingerprint density at radius 3 is 2.29 bits per heavy atom. The molecule has 0 aromatic carbocycles. The Kier molecular flexibility index (Phi) is 4.10. The van der Waals surface area contributed by atoms with Gasteiger partial charge in [0.1, 0.15) is 0 Å². The topological polar surface area (TPSA) is 72.2 Å². The zero-order valence-corrected chi connectivity index (χ0v) is 11.3. The highest BCUT2D eigenvalue weighted by Crippen LogP contribution is 2.29. The summed E-state index contributed by atoms with van der Waals surface area (Å²) in [4.78, 5) is 0.